The second kappa shape index (κ2) is 5.98. The minimum atomic E-state index is 0.0444. The Hall–Kier alpha value is -1.39. The van der Waals surface area contributed by atoms with Crippen molar-refractivity contribution in [2.24, 2.45) is 5.73 Å². The molecule has 0 aliphatic heterocycles. The molecular formula is C14H19N3S. The first kappa shape index (κ1) is 13.1. The molecule has 1 unspecified atom stereocenters. The molecule has 1 atom stereocenters. The van der Waals surface area contributed by atoms with E-state index < -0.39 is 0 Å². The van der Waals surface area contributed by atoms with Crippen molar-refractivity contribution in [3.8, 4) is 0 Å². The van der Waals surface area contributed by atoms with Gasteiger partial charge >= 0.3 is 0 Å². The van der Waals surface area contributed by atoms with Gasteiger partial charge in [0.05, 0.1) is 0 Å². The van der Waals surface area contributed by atoms with Crippen LogP contribution in [0, 0.1) is 0 Å². The molecule has 2 heterocycles. The molecule has 2 rings (SSSR count). The van der Waals surface area contributed by atoms with Crippen molar-refractivity contribution in [2.45, 2.75) is 19.4 Å². The summed E-state index contributed by atoms with van der Waals surface area (Å²) in [5, 5.41) is 2.12. The zero-order chi connectivity index (χ0) is 13.0. The van der Waals surface area contributed by atoms with Gasteiger partial charge in [0, 0.05) is 30.7 Å². The molecule has 2 N–H and O–H groups in total. The Labute approximate surface area is 112 Å². The van der Waals surface area contributed by atoms with Gasteiger partial charge < -0.3 is 10.6 Å². The molecule has 0 bridgehead atoms. The van der Waals surface area contributed by atoms with Crippen molar-refractivity contribution >= 4 is 17.2 Å². The largest absolute Gasteiger partial charge is 0.359 e. The molecule has 96 valence electrons. The number of aromatic nitrogens is 1. The lowest BCUT2D eigenvalue weighted by atomic mass is 10.1. The smallest absolute Gasteiger partial charge is 0.128 e. The van der Waals surface area contributed by atoms with E-state index in [-0.39, 0.29) is 6.04 Å². The van der Waals surface area contributed by atoms with E-state index >= 15 is 0 Å². The lowest BCUT2D eigenvalue weighted by molar-refractivity contribution is 0.806. The number of nitrogens with two attached hydrogens (primary N) is 1. The first-order valence-electron chi connectivity index (χ1n) is 6.12. The van der Waals surface area contributed by atoms with Gasteiger partial charge in [-0.2, -0.15) is 0 Å². The molecule has 0 radical (unpaired) electrons. The molecule has 0 aromatic carbocycles. The van der Waals surface area contributed by atoms with Crippen molar-refractivity contribution < 1.29 is 0 Å². The predicted molar refractivity (Wildman–Crippen MR) is 78.1 cm³/mol. The number of thiophene rings is 1. The van der Waals surface area contributed by atoms with Crippen LogP contribution in [0.5, 0.6) is 0 Å². The highest BCUT2D eigenvalue weighted by atomic mass is 32.1. The molecule has 0 aliphatic rings. The lowest BCUT2D eigenvalue weighted by Gasteiger charge is -2.18. The van der Waals surface area contributed by atoms with Gasteiger partial charge in [-0.25, -0.2) is 4.98 Å². The standard InChI is InChI=1S/C14H19N3S/c1-11(15)12-5-6-14(16-10-12)17(2)8-7-13-4-3-9-18-13/h3-6,9-11H,7-8,15H2,1-2H3. The highest BCUT2D eigenvalue weighted by molar-refractivity contribution is 7.09. The van der Waals surface area contributed by atoms with Crippen molar-refractivity contribution in [1.82, 2.24) is 4.98 Å². The van der Waals surface area contributed by atoms with E-state index in [1.807, 2.05) is 19.2 Å². The summed E-state index contributed by atoms with van der Waals surface area (Å²) in [5.41, 5.74) is 6.88. The SMILES string of the molecule is CC(N)c1ccc(N(C)CCc2cccs2)nc1. The van der Waals surface area contributed by atoms with Gasteiger partial charge in [-0.15, -0.1) is 11.3 Å². The summed E-state index contributed by atoms with van der Waals surface area (Å²) in [6.07, 6.45) is 2.92. The summed E-state index contributed by atoms with van der Waals surface area (Å²) in [6.45, 7) is 2.95. The summed E-state index contributed by atoms with van der Waals surface area (Å²) in [7, 11) is 2.07. The molecule has 0 aliphatic carbocycles. The van der Waals surface area contributed by atoms with E-state index in [2.05, 4.69) is 40.5 Å². The van der Waals surface area contributed by atoms with Crippen LogP contribution >= 0.6 is 11.3 Å². The van der Waals surface area contributed by atoms with E-state index in [0.29, 0.717) is 0 Å². The number of anilines is 1. The van der Waals surface area contributed by atoms with Gasteiger partial charge in [0.25, 0.3) is 0 Å². The van der Waals surface area contributed by atoms with Crippen LogP contribution in [0.2, 0.25) is 0 Å². The minimum Gasteiger partial charge on any atom is -0.359 e. The van der Waals surface area contributed by atoms with E-state index in [1.165, 1.54) is 4.88 Å². The Bertz CT molecular complexity index is 462. The predicted octanol–water partition coefficient (Wildman–Crippen LogP) is 2.84. The first-order valence-corrected chi connectivity index (χ1v) is 7.00. The Morgan fingerprint density at radius 3 is 2.78 bits per heavy atom. The Morgan fingerprint density at radius 2 is 2.22 bits per heavy atom. The van der Waals surface area contributed by atoms with Crippen molar-refractivity contribution in [3.63, 3.8) is 0 Å². The molecule has 2 aromatic heterocycles. The van der Waals surface area contributed by atoms with Gasteiger partial charge in [-0.1, -0.05) is 12.1 Å². The fourth-order valence-electron chi connectivity index (χ4n) is 1.74. The fraction of sp³-hybridized carbons (Fsp3) is 0.357. The average Bonchev–Trinajstić information content (AvgIpc) is 2.89. The maximum atomic E-state index is 5.81. The molecular weight excluding hydrogens is 242 g/mol. The highest BCUT2D eigenvalue weighted by Crippen LogP contribution is 2.15. The number of hydrogen-bond donors (Lipinski definition) is 1. The number of pyridine rings is 1. The number of hydrogen-bond acceptors (Lipinski definition) is 4. The average molecular weight is 261 g/mol. The molecule has 0 amide bonds. The van der Waals surface area contributed by atoms with Gasteiger partial charge in [0.1, 0.15) is 5.82 Å². The van der Waals surface area contributed by atoms with Crippen LogP contribution in [0.15, 0.2) is 35.8 Å². The van der Waals surface area contributed by atoms with E-state index in [4.69, 9.17) is 5.73 Å². The van der Waals surface area contributed by atoms with Crippen LogP contribution in [0.25, 0.3) is 0 Å². The molecule has 4 heteroatoms. The Kier molecular flexibility index (Phi) is 4.33. The monoisotopic (exact) mass is 261 g/mol. The van der Waals surface area contributed by atoms with Crippen LogP contribution < -0.4 is 10.6 Å². The maximum Gasteiger partial charge on any atom is 0.128 e. The minimum absolute atomic E-state index is 0.0444. The van der Waals surface area contributed by atoms with E-state index in [0.717, 1.165) is 24.3 Å². The van der Waals surface area contributed by atoms with Gasteiger partial charge in [0.2, 0.25) is 0 Å². The molecule has 0 saturated heterocycles. The fourth-order valence-corrected chi connectivity index (χ4v) is 2.44. The third kappa shape index (κ3) is 3.31. The van der Waals surface area contributed by atoms with Crippen LogP contribution in [-0.2, 0) is 6.42 Å². The quantitative estimate of drug-likeness (QED) is 0.900. The number of rotatable bonds is 5. The summed E-state index contributed by atoms with van der Waals surface area (Å²) in [4.78, 5) is 8.03. The van der Waals surface area contributed by atoms with Gasteiger partial charge in [-0.05, 0) is 36.4 Å². The maximum absolute atomic E-state index is 5.81. The third-order valence-electron chi connectivity index (χ3n) is 2.96. The van der Waals surface area contributed by atoms with Crippen molar-refractivity contribution in [2.75, 3.05) is 18.5 Å². The zero-order valence-electron chi connectivity index (χ0n) is 10.8. The van der Waals surface area contributed by atoms with Crippen molar-refractivity contribution in [1.29, 1.82) is 0 Å². The van der Waals surface area contributed by atoms with Gasteiger partial charge in [-0.3, -0.25) is 0 Å². The molecule has 0 spiro atoms. The van der Waals surface area contributed by atoms with Crippen molar-refractivity contribution in [3.05, 3.63) is 46.3 Å². The Balaban J connectivity index is 1.94. The van der Waals surface area contributed by atoms with E-state index in [1.54, 1.807) is 11.3 Å². The number of likely N-dealkylation sites (N-methyl/N-ethyl adjacent to an activating group) is 1. The summed E-state index contributed by atoms with van der Waals surface area (Å²) >= 11 is 1.80. The van der Waals surface area contributed by atoms with E-state index in [9.17, 15) is 0 Å². The molecule has 18 heavy (non-hydrogen) atoms. The van der Waals surface area contributed by atoms with Crippen LogP contribution in [-0.4, -0.2) is 18.6 Å². The topological polar surface area (TPSA) is 42.1 Å². The second-order valence-electron chi connectivity index (χ2n) is 4.49. The second-order valence-corrected chi connectivity index (χ2v) is 5.52. The highest BCUT2D eigenvalue weighted by Gasteiger charge is 2.05. The normalized spacial score (nSPS) is 12.4. The lowest BCUT2D eigenvalue weighted by Crippen LogP contribution is -2.21. The molecule has 0 fully saturated rings. The third-order valence-corrected chi connectivity index (χ3v) is 3.90. The summed E-state index contributed by atoms with van der Waals surface area (Å²) in [5.74, 6) is 0.996. The van der Waals surface area contributed by atoms with Crippen LogP contribution in [0.3, 0.4) is 0 Å². The summed E-state index contributed by atoms with van der Waals surface area (Å²) < 4.78 is 0. The van der Waals surface area contributed by atoms with Crippen LogP contribution in [0.4, 0.5) is 5.82 Å². The van der Waals surface area contributed by atoms with Crippen LogP contribution in [0.1, 0.15) is 23.4 Å². The summed E-state index contributed by atoms with van der Waals surface area (Å²) in [6, 6.07) is 8.39. The molecule has 3 nitrogen and oxygen atoms in total. The molecule has 0 saturated carbocycles. The molecule has 2 aromatic rings. The zero-order valence-corrected chi connectivity index (χ0v) is 11.7. The van der Waals surface area contributed by atoms with Gasteiger partial charge in [0.15, 0.2) is 0 Å². The first-order chi connectivity index (χ1) is 8.66. The Morgan fingerprint density at radius 1 is 1.39 bits per heavy atom. The number of nitrogens with zero attached hydrogens (tertiary/aromatic N) is 2.